The maximum absolute atomic E-state index is 13.5. The summed E-state index contributed by atoms with van der Waals surface area (Å²) in [5.74, 6) is 0.283. The van der Waals surface area contributed by atoms with Crippen LogP contribution in [0, 0.1) is 5.82 Å². The smallest absolute Gasteiger partial charge is 0.343 e. The molecule has 2 N–H and O–H groups in total. The van der Waals surface area contributed by atoms with Crippen LogP contribution in [0.4, 0.5) is 14.9 Å². The molecule has 2 amide bonds. The van der Waals surface area contributed by atoms with Gasteiger partial charge in [-0.05, 0) is 47.5 Å². The Kier molecular flexibility index (Phi) is 7.74. The number of halogens is 1. The first-order valence-corrected chi connectivity index (χ1v) is 11.4. The summed E-state index contributed by atoms with van der Waals surface area (Å²) in [7, 11) is 1.61. The van der Waals surface area contributed by atoms with Crippen molar-refractivity contribution >= 4 is 17.4 Å². The molecule has 8 heteroatoms. The molecule has 4 rings (SSSR count). The summed E-state index contributed by atoms with van der Waals surface area (Å²) >= 11 is 0. The lowest BCUT2D eigenvalue weighted by molar-refractivity contribution is 0.112. The van der Waals surface area contributed by atoms with Gasteiger partial charge in [0.05, 0.1) is 12.3 Å². The number of rotatable bonds is 9. The normalized spacial score (nSPS) is 17.2. The third-order valence-corrected chi connectivity index (χ3v) is 5.95. The zero-order valence-electron chi connectivity index (χ0n) is 19.5. The molecule has 1 aliphatic rings. The fourth-order valence-corrected chi connectivity index (χ4v) is 4.20. The number of hydrogen-bond acceptors (Lipinski definition) is 5. The van der Waals surface area contributed by atoms with E-state index >= 15 is 0 Å². The summed E-state index contributed by atoms with van der Waals surface area (Å²) in [4.78, 5) is 13.5. The minimum absolute atomic E-state index is 0.149. The summed E-state index contributed by atoms with van der Waals surface area (Å²) in [6.45, 7) is 0.747. The van der Waals surface area contributed by atoms with Crippen LogP contribution in [0.15, 0.2) is 84.0 Å². The molecule has 3 aromatic carbocycles. The van der Waals surface area contributed by atoms with Crippen molar-refractivity contribution in [2.75, 3.05) is 32.2 Å². The Labute approximate surface area is 203 Å². The third kappa shape index (κ3) is 5.50. The lowest BCUT2D eigenvalue weighted by Crippen LogP contribution is -2.46. The molecule has 0 aromatic heterocycles. The Balaban J connectivity index is 1.69. The second-order valence-electron chi connectivity index (χ2n) is 8.21. The number of aliphatic hydroxyl groups excluding tert-OH is 1. The first-order chi connectivity index (χ1) is 17.1. The number of aliphatic hydroxyl groups is 1. The van der Waals surface area contributed by atoms with E-state index in [2.05, 4.69) is 5.32 Å². The third-order valence-electron chi connectivity index (χ3n) is 5.95. The van der Waals surface area contributed by atoms with Gasteiger partial charge in [0.2, 0.25) is 0 Å². The number of hydrogen-bond donors (Lipinski definition) is 2. The van der Waals surface area contributed by atoms with Crippen LogP contribution in [0.2, 0.25) is 0 Å². The van der Waals surface area contributed by atoms with E-state index in [1.54, 1.807) is 7.11 Å². The molecule has 7 nitrogen and oxygen atoms in total. The molecule has 1 unspecified atom stereocenters. The molecule has 35 heavy (non-hydrogen) atoms. The van der Waals surface area contributed by atoms with Gasteiger partial charge in [-0.1, -0.05) is 42.5 Å². The van der Waals surface area contributed by atoms with Crippen LogP contribution in [0.1, 0.15) is 24.0 Å². The number of hydrazone groups is 1. The zero-order valence-corrected chi connectivity index (χ0v) is 19.5. The van der Waals surface area contributed by atoms with Crippen LogP contribution >= 0.6 is 0 Å². The van der Waals surface area contributed by atoms with Gasteiger partial charge in [-0.3, -0.25) is 0 Å². The van der Waals surface area contributed by atoms with E-state index in [0.717, 1.165) is 16.8 Å². The van der Waals surface area contributed by atoms with Gasteiger partial charge in [-0.25, -0.2) is 14.2 Å². The number of nitrogens with one attached hydrogen (secondary N) is 1. The first-order valence-electron chi connectivity index (χ1n) is 11.4. The van der Waals surface area contributed by atoms with Crippen molar-refractivity contribution in [3.05, 3.63) is 95.8 Å². The highest BCUT2D eigenvalue weighted by atomic mass is 19.1. The van der Waals surface area contributed by atoms with Gasteiger partial charge >= 0.3 is 6.03 Å². The Morgan fingerprint density at radius 3 is 2.43 bits per heavy atom. The topological polar surface area (TPSA) is 83.4 Å². The molecule has 0 bridgehead atoms. The van der Waals surface area contributed by atoms with Crippen LogP contribution < -0.4 is 10.1 Å². The summed E-state index contributed by atoms with van der Waals surface area (Å²) < 4.78 is 24.1. The number of methoxy groups -OCH3 is 1. The van der Waals surface area contributed by atoms with Crippen molar-refractivity contribution in [1.29, 1.82) is 0 Å². The van der Waals surface area contributed by atoms with E-state index in [0.29, 0.717) is 31.1 Å². The van der Waals surface area contributed by atoms with E-state index in [9.17, 15) is 14.3 Å². The Hall–Kier alpha value is -3.75. The maximum Gasteiger partial charge on any atom is 0.343 e. The van der Waals surface area contributed by atoms with E-state index in [-0.39, 0.29) is 13.0 Å². The van der Waals surface area contributed by atoms with Crippen LogP contribution in [0.5, 0.6) is 5.75 Å². The number of urea groups is 1. The number of benzene rings is 3. The van der Waals surface area contributed by atoms with Gasteiger partial charge in [0.25, 0.3) is 0 Å². The standard InChI is InChI=1S/C27H28FN3O4/c1-34-17-18-35-24-13-7-21(8-14-24)27(15-16-32)19-25(20-5-3-2-4-6-20)30-31(27)26(33)29-23-11-9-22(28)10-12-23/h2-14,32H,15-19H2,1H3,(H,29,33). The molecule has 3 aromatic rings. The number of ether oxygens (including phenoxy) is 2. The van der Waals surface area contributed by atoms with Gasteiger partial charge in [-0.2, -0.15) is 5.10 Å². The summed E-state index contributed by atoms with van der Waals surface area (Å²) in [5.41, 5.74) is 1.96. The Morgan fingerprint density at radius 2 is 1.77 bits per heavy atom. The lowest BCUT2D eigenvalue weighted by atomic mass is 9.81. The molecular weight excluding hydrogens is 449 g/mol. The van der Waals surface area contributed by atoms with Crippen molar-refractivity contribution < 1.29 is 23.8 Å². The Morgan fingerprint density at radius 1 is 1.06 bits per heavy atom. The van der Waals surface area contributed by atoms with E-state index < -0.39 is 17.4 Å². The Bertz CT molecular complexity index is 1150. The monoisotopic (exact) mass is 477 g/mol. The van der Waals surface area contributed by atoms with Crippen LogP contribution in [0.25, 0.3) is 0 Å². The van der Waals surface area contributed by atoms with Crippen LogP contribution in [0.3, 0.4) is 0 Å². The largest absolute Gasteiger partial charge is 0.491 e. The quantitative estimate of drug-likeness (QED) is 0.435. The fourth-order valence-electron chi connectivity index (χ4n) is 4.20. The molecule has 1 aliphatic heterocycles. The average Bonchev–Trinajstić information content (AvgIpc) is 3.27. The van der Waals surface area contributed by atoms with Crippen molar-refractivity contribution in [2.45, 2.75) is 18.4 Å². The number of anilines is 1. The van der Waals surface area contributed by atoms with E-state index in [1.807, 2.05) is 54.6 Å². The number of amides is 2. The highest BCUT2D eigenvalue weighted by Crippen LogP contribution is 2.42. The highest BCUT2D eigenvalue weighted by Gasteiger charge is 2.47. The van der Waals surface area contributed by atoms with Crippen LogP contribution in [-0.4, -0.2) is 48.8 Å². The fraction of sp³-hybridized carbons (Fsp3) is 0.259. The zero-order chi connectivity index (χ0) is 24.7. The summed E-state index contributed by atoms with van der Waals surface area (Å²) in [5, 5.41) is 19.0. The summed E-state index contributed by atoms with van der Waals surface area (Å²) in [6, 6.07) is 22.1. The molecular formula is C27H28FN3O4. The SMILES string of the molecule is COCCOc1ccc(C2(CCO)CC(c3ccccc3)=NN2C(=O)Nc2ccc(F)cc2)cc1. The molecule has 182 valence electrons. The second kappa shape index (κ2) is 11.1. The van der Waals surface area contributed by atoms with Crippen LogP contribution in [-0.2, 0) is 10.3 Å². The highest BCUT2D eigenvalue weighted by molar-refractivity contribution is 6.04. The van der Waals surface area contributed by atoms with Crippen molar-refractivity contribution in [2.24, 2.45) is 5.10 Å². The number of carbonyl (C=O) groups excluding carboxylic acids is 1. The van der Waals surface area contributed by atoms with Crippen molar-refractivity contribution in [3.63, 3.8) is 0 Å². The first kappa shape index (κ1) is 24.4. The minimum Gasteiger partial charge on any atom is -0.491 e. The van der Waals surface area contributed by atoms with E-state index in [1.165, 1.54) is 29.3 Å². The van der Waals surface area contributed by atoms with Gasteiger partial charge in [0.15, 0.2) is 0 Å². The molecule has 1 atom stereocenters. The minimum atomic E-state index is -0.922. The molecule has 0 spiro atoms. The van der Waals surface area contributed by atoms with E-state index in [4.69, 9.17) is 14.6 Å². The van der Waals surface area contributed by atoms with Crippen molar-refractivity contribution in [3.8, 4) is 5.75 Å². The number of nitrogens with zero attached hydrogens (tertiary/aromatic N) is 2. The lowest BCUT2D eigenvalue weighted by Gasteiger charge is -2.36. The number of carbonyl (C=O) groups is 1. The van der Waals surface area contributed by atoms with Gasteiger partial charge in [-0.15, -0.1) is 0 Å². The molecule has 1 heterocycles. The molecule has 0 saturated carbocycles. The maximum atomic E-state index is 13.5. The predicted molar refractivity (Wildman–Crippen MR) is 132 cm³/mol. The molecule has 0 aliphatic carbocycles. The predicted octanol–water partition coefficient (Wildman–Crippen LogP) is 4.77. The molecule has 0 radical (unpaired) electrons. The average molecular weight is 478 g/mol. The van der Waals surface area contributed by atoms with Gasteiger partial charge < -0.3 is 19.9 Å². The molecule has 0 fully saturated rings. The van der Waals surface area contributed by atoms with Gasteiger partial charge in [0.1, 0.15) is 23.7 Å². The van der Waals surface area contributed by atoms with Crippen molar-refractivity contribution in [1.82, 2.24) is 5.01 Å². The molecule has 0 saturated heterocycles. The summed E-state index contributed by atoms with van der Waals surface area (Å²) in [6.07, 6.45) is 0.686. The van der Waals surface area contributed by atoms with Gasteiger partial charge in [0, 0.05) is 32.2 Å². The second-order valence-corrected chi connectivity index (χ2v) is 8.21.